The van der Waals surface area contributed by atoms with E-state index in [9.17, 15) is 9.59 Å². The maximum atomic E-state index is 11.9. The average Bonchev–Trinajstić information content (AvgIpc) is 2.45. The van der Waals surface area contributed by atoms with Crippen LogP contribution < -0.4 is 5.32 Å². The Morgan fingerprint density at radius 1 is 1.38 bits per heavy atom. The lowest BCUT2D eigenvalue weighted by molar-refractivity contribution is -0.137. The zero-order valence-corrected chi connectivity index (χ0v) is 12.6. The molecule has 6 nitrogen and oxygen atoms in total. The normalized spacial score (nSPS) is 10.9. The molecule has 114 valence electrons. The molecule has 0 radical (unpaired) electrons. The largest absolute Gasteiger partial charge is 0.463 e. The summed E-state index contributed by atoms with van der Waals surface area (Å²) in [6.45, 7) is 3.40. The Hall–Kier alpha value is -2.21. The number of carbonyl (C=O) groups excluding carboxylic acids is 2. The molecule has 21 heavy (non-hydrogen) atoms. The summed E-state index contributed by atoms with van der Waals surface area (Å²) in [6, 6.07) is 1.67. The third-order valence-corrected chi connectivity index (χ3v) is 2.56. The quantitative estimate of drug-likeness (QED) is 0.598. The summed E-state index contributed by atoms with van der Waals surface area (Å²) < 4.78 is 4.79. The first kappa shape index (κ1) is 16.8. The highest BCUT2D eigenvalue weighted by Crippen LogP contribution is 2.05. The third kappa shape index (κ3) is 6.67. The van der Waals surface area contributed by atoms with Gasteiger partial charge in [-0.3, -0.25) is 9.78 Å². The molecular weight excluding hydrogens is 270 g/mol. The summed E-state index contributed by atoms with van der Waals surface area (Å²) in [5.41, 5.74) is 1.13. The first-order valence-electron chi connectivity index (χ1n) is 6.75. The second-order valence-electron chi connectivity index (χ2n) is 4.65. The third-order valence-electron chi connectivity index (χ3n) is 2.56. The number of carbonyl (C=O) groups is 2. The minimum Gasteiger partial charge on any atom is -0.463 e. The van der Waals surface area contributed by atoms with Crippen molar-refractivity contribution in [2.24, 2.45) is 0 Å². The van der Waals surface area contributed by atoms with Crippen molar-refractivity contribution in [2.45, 2.75) is 6.92 Å². The lowest BCUT2D eigenvalue weighted by Gasteiger charge is -2.10. The van der Waals surface area contributed by atoms with Gasteiger partial charge in [-0.05, 0) is 38.7 Å². The molecule has 6 heteroatoms. The first-order valence-corrected chi connectivity index (χ1v) is 6.75. The van der Waals surface area contributed by atoms with Crippen LogP contribution in [-0.4, -0.2) is 55.6 Å². The molecule has 0 spiro atoms. The van der Waals surface area contributed by atoms with Gasteiger partial charge in [0.05, 0.1) is 12.2 Å². The number of hydrogen-bond donors (Lipinski definition) is 1. The SMILES string of the molecule is CCOC(=O)/C=C/c1cncc(C(=O)NCCN(C)C)c1. The van der Waals surface area contributed by atoms with Crippen molar-refractivity contribution in [3.63, 3.8) is 0 Å². The van der Waals surface area contributed by atoms with Crippen LogP contribution in [0.25, 0.3) is 6.08 Å². The summed E-state index contributed by atoms with van der Waals surface area (Å²) in [6.07, 6.45) is 5.95. The summed E-state index contributed by atoms with van der Waals surface area (Å²) in [4.78, 5) is 29.1. The summed E-state index contributed by atoms with van der Waals surface area (Å²) in [5.74, 6) is -0.603. The number of ether oxygens (including phenoxy) is 1. The molecule has 0 unspecified atom stereocenters. The minimum absolute atomic E-state index is 0.185. The van der Waals surface area contributed by atoms with Gasteiger partial charge in [0.1, 0.15) is 0 Å². The van der Waals surface area contributed by atoms with E-state index in [4.69, 9.17) is 4.74 Å². The fraction of sp³-hybridized carbons (Fsp3) is 0.400. The summed E-state index contributed by atoms with van der Waals surface area (Å²) >= 11 is 0. The number of rotatable bonds is 7. The Labute approximate surface area is 124 Å². The van der Waals surface area contributed by atoms with Crippen LogP contribution in [0.1, 0.15) is 22.8 Å². The molecule has 1 rings (SSSR count). The van der Waals surface area contributed by atoms with E-state index < -0.39 is 5.97 Å². The Balaban J connectivity index is 2.63. The highest BCUT2D eigenvalue weighted by molar-refractivity contribution is 5.94. The second-order valence-corrected chi connectivity index (χ2v) is 4.65. The molecule has 0 aliphatic heterocycles. The van der Waals surface area contributed by atoms with Gasteiger partial charge in [0.2, 0.25) is 0 Å². The number of likely N-dealkylation sites (N-methyl/N-ethyl adjacent to an activating group) is 1. The highest BCUT2D eigenvalue weighted by atomic mass is 16.5. The molecule has 1 heterocycles. The van der Waals surface area contributed by atoms with Crippen molar-refractivity contribution in [1.29, 1.82) is 0 Å². The van der Waals surface area contributed by atoms with Crippen molar-refractivity contribution in [3.8, 4) is 0 Å². The van der Waals surface area contributed by atoms with Gasteiger partial charge in [-0.1, -0.05) is 0 Å². The molecule has 0 aliphatic rings. The van der Waals surface area contributed by atoms with Crippen molar-refractivity contribution in [1.82, 2.24) is 15.2 Å². The monoisotopic (exact) mass is 291 g/mol. The topological polar surface area (TPSA) is 71.5 Å². The van der Waals surface area contributed by atoms with Gasteiger partial charge < -0.3 is 15.0 Å². The predicted octanol–water partition coefficient (Wildman–Crippen LogP) is 0.949. The Morgan fingerprint density at radius 3 is 2.81 bits per heavy atom. The van der Waals surface area contributed by atoms with Gasteiger partial charge in [-0.25, -0.2) is 4.79 Å². The first-order chi connectivity index (χ1) is 10.0. The number of hydrogen-bond acceptors (Lipinski definition) is 5. The average molecular weight is 291 g/mol. The van der Waals surface area contributed by atoms with E-state index in [1.807, 2.05) is 19.0 Å². The molecule has 0 atom stereocenters. The molecule has 1 aromatic rings. The predicted molar refractivity (Wildman–Crippen MR) is 80.8 cm³/mol. The van der Waals surface area contributed by atoms with E-state index >= 15 is 0 Å². The number of pyridine rings is 1. The van der Waals surface area contributed by atoms with Crippen LogP contribution in [0.5, 0.6) is 0 Å². The summed E-state index contributed by atoms with van der Waals surface area (Å²) in [5, 5.41) is 2.81. The molecule has 1 aromatic heterocycles. The molecule has 0 bridgehead atoms. The molecule has 0 aliphatic carbocycles. The van der Waals surface area contributed by atoms with E-state index in [0.29, 0.717) is 24.3 Å². The number of amides is 1. The van der Waals surface area contributed by atoms with Crippen LogP contribution >= 0.6 is 0 Å². The molecule has 1 N–H and O–H groups in total. The van der Waals surface area contributed by atoms with Crippen LogP contribution in [-0.2, 0) is 9.53 Å². The summed E-state index contributed by atoms with van der Waals surface area (Å²) in [7, 11) is 3.88. The van der Waals surface area contributed by atoms with Gasteiger partial charge in [-0.2, -0.15) is 0 Å². The molecule has 0 saturated carbocycles. The Morgan fingerprint density at radius 2 is 2.14 bits per heavy atom. The van der Waals surface area contributed by atoms with Gasteiger partial charge >= 0.3 is 5.97 Å². The Bertz CT molecular complexity index is 513. The fourth-order valence-corrected chi connectivity index (χ4v) is 1.52. The van der Waals surface area contributed by atoms with Crippen LogP contribution in [0, 0.1) is 0 Å². The van der Waals surface area contributed by atoms with Gasteiger partial charge in [0.15, 0.2) is 0 Å². The van der Waals surface area contributed by atoms with E-state index in [0.717, 1.165) is 6.54 Å². The van der Waals surface area contributed by atoms with Gasteiger partial charge in [0.25, 0.3) is 5.91 Å². The molecule has 0 saturated heterocycles. The zero-order valence-electron chi connectivity index (χ0n) is 12.6. The van der Waals surface area contributed by atoms with Crippen molar-refractivity contribution >= 4 is 18.0 Å². The molecular formula is C15H21N3O3. The molecule has 0 fully saturated rings. The van der Waals surface area contributed by atoms with Crippen LogP contribution in [0.3, 0.4) is 0 Å². The maximum absolute atomic E-state index is 11.9. The Kier molecular flexibility index (Phi) is 7.11. The van der Waals surface area contributed by atoms with Gasteiger partial charge in [0, 0.05) is 31.6 Å². The second kappa shape index (κ2) is 8.86. The van der Waals surface area contributed by atoms with Crippen LogP contribution in [0.4, 0.5) is 0 Å². The molecule has 1 amide bonds. The number of nitrogens with zero attached hydrogens (tertiary/aromatic N) is 2. The minimum atomic E-state index is -0.418. The lowest BCUT2D eigenvalue weighted by Crippen LogP contribution is -2.31. The fourth-order valence-electron chi connectivity index (χ4n) is 1.52. The number of aromatic nitrogens is 1. The van der Waals surface area contributed by atoms with Crippen molar-refractivity contribution in [2.75, 3.05) is 33.8 Å². The molecule has 0 aromatic carbocycles. The zero-order chi connectivity index (χ0) is 15.7. The van der Waals surface area contributed by atoms with E-state index in [1.54, 1.807) is 25.3 Å². The smallest absolute Gasteiger partial charge is 0.330 e. The number of esters is 1. The van der Waals surface area contributed by atoms with Crippen LogP contribution in [0.2, 0.25) is 0 Å². The lowest BCUT2D eigenvalue weighted by atomic mass is 10.2. The van der Waals surface area contributed by atoms with Crippen LogP contribution in [0.15, 0.2) is 24.5 Å². The van der Waals surface area contributed by atoms with E-state index in [1.165, 1.54) is 12.3 Å². The number of nitrogens with one attached hydrogen (secondary N) is 1. The highest BCUT2D eigenvalue weighted by Gasteiger charge is 2.06. The van der Waals surface area contributed by atoms with E-state index in [2.05, 4.69) is 10.3 Å². The van der Waals surface area contributed by atoms with Crippen molar-refractivity contribution in [3.05, 3.63) is 35.7 Å². The van der Waals surface area contributed by atoms with E-state index in [-0.39, 0.29) is 5.91 Å². The maximum Gasteiger partial charge on any atom is 0.330 e. The standard InChI is InChI=1S/C15H21N3O3/c1-4-21-14(19)6-5-12-9-13(11-16-10-12)15(20)17-7-8-18(2)3/h5-6,9-11H,4,7-8H2,1-3H3,(H,17,20)/b6-5+. The van der Waals surface area contributed by atoms with Gasteiger partial charge in [-0.15, -0.1) is 0 Å². The van der Waals surface area contributed by atoms with Crippen molar-refractivity contribution < 1.29 is 14.3 Å².